The Kier molecular flexibility index (Phi) is 4.61. The molecule has 2 heterocycles. The van der Waals surface area contributed by atoms with Crippen molar-refractivity contribution in [2.24, 2.45) is 7.05 Å². The zero-order valence-corrected chi connectivity index (χ0v) is 15.4. The van der Waals surface area contributed by atoms with Crippen molar-refractivity contribution in [3.05, 3.63) is 58.6 Å². The van der Waals surface area contributed by atoms with Crippen molar-refractivity contribution >= 4 is 28.5 Å². The van der Waals surface area contributed by atoms with Crippen LogP contribution in [0.25, 0.3) is 11.0 Å². The molecule has 4 rings (SSSR count). The van der Waals surface area contributed by atoms with Gasteiger partial charge in [-0.3, -0.25) is 9.69 Å². The molecular weight excluding hydrogens is 350 g/mol. The van der Waals surface area contributed by atoms with Crippen LogP contribution < -0.4 is 0 Å². The first-order valence-corrected chi connectivity index (χ1v) is 9.04. The van der Waals surface area contributed by atoms with Crippen molar-refractivity contribution in [2.45, 2.75) is 6.54 Å². The Labute approximate surface area is 156 Å². The van der Waals surface area contributed by atoms with Gasteiger partial charge in [-0.25, -0.2) is 4.68 Å². The van der Waals surface area contributed by atoms with Crippen LogP contribution in [0, 0.1) is 0 Å². The Morgan fingerprint density at radius 3 is 2.65 bits per heavy atom. The van der Waals surface area contributed by atoms with E-state index in [1.54, 1.807) is 4.68 Å². The highest BCUT2D eigenvalue weighted by atomic mass is 35.5. The van der Waals surface area contributed by atoms with E-state index in [9.17, 15) is 4.79 Å². The highest BCUT2D eigenvalue weighted by molar-refractivity contribution is 6.31. The molecule has 0 unspecified atom stereocenters. The molecule has 1 aromatic heterocycles. The molecule has 1 fully saturated rings. The molecule has 0 saturated carbocycles. The molecule has 0 aliphatic carbocycles. The molecule has 2 aromatic carbocycles. The molecule has 0 spiro atoms. The van der Waals surface area contributed by atoms with Gasteiger partial charge >= 0.3 is 0 Å². The number of aryl methyl sites for hydroxylation is 1. The lowest BCUT2D eigenvalue weighted by Gasteiger charge is -2.35. The molecule has 7 heteroatoms. The number of amides is 1. The third-order valence-electron chi connectivity index (χ3n) is 4.87. The van der Waals surface area contributed by atoms with Gasteiger partial charge in [0.15, 0.2) is 0 Å². The molecule has 6 nitrogen and oxygen atoms in total. The maximum absolute atomic E-state index is 12.8. The second-order valence-electron chi connectivity index (χ2n) is 6.58. The van der Waals surface area contributed by atoms with Gasteiger partial charge in [0.2, 0.25) is 0 Å². The van der Waals surface area contributed by atoms with Crippen LogP contribution in [-0.4, -0.2) is 56.9 Å². The summed E-state index contributed by atoms with van der Waals surface area (Å²) in [6.45, 7) is 3.91. The van der Waals surface area contributed by atoms with E-state index < -0.39 is 0 Å². The Morgan fingerprint density at radius 2 is 1.88 bits per heavy atom. The number of nitrogens with zero attached hydrogens (tertiary/aromatic N) is 5. The predicted molar refractivity (Wildman–Crippen MR) is 101 cm³/mol. The molecule has 134 valence electrons. The molecular formula is C19H20ClN5O. The van der Waals surface area contributed by atoms with Crippen molar-refractivity contribution in [1.82, 2.24) is 24.8 Å². The van der Waals surface area contributed by atoms with Gasteiger partial charge in [0, 0.05) is 50.4 Å². The fourth-order valence-electron chi connectivity index (χ4n) is 3.33. The van der Waals surface area contributed by atoms with E-state index in [-0.39, 0.29) is 5.91 Å². The topological polar surface area (TPSA) is 54.3 Å². The third-order valence-corrected chi connectivity index (χ3v) is 5.24. The normalized spacial score (nSPS) is 15.5. The molecule has 0 bridgehead atoms. The maximum atomic E-state index is 12.8. The number of carbonyl (C=O) groups excluding carboxylic acids is 1. The fraction of sp³-hybridized carbons (Fsp3) is 0.316. The van der Waals surface area contributed by atoms with Gasteiger partial charge in [-0.05, 0) is 29.8 Å². The molecule has 0 atom stereocenters. The number of hydrogen-bond donors (Lipinski definition) is 0. The molecule has 0 N–H and O–H groups in total. The first-order valence-electron chi connectivity index (χ1n) is 8.66. The first kappa shape index (κ1) is 17.0. The molecule has 26 heavy (non-hydrogen) atoms. The molecule has 0 radical (unpaired) electrons. The van der Waals surface area contributed by atoms with E-state index in [1.165, 1.54) is 0 Å². The van der Waals surface area contributed by atoms with Crippen molar-refractivity contribution in [3.8, 4) is 0 Å². The SMILES string of the molecule is Cn1nnc2cc(C(=O)N3CCN(Cc4ccccc4Cl)CC3)ccc21. The monoisotopic (exact) mass is 369 g/mol. The summed E-state index contributed by atoms with van der Waals surface area (Å²) in [6.07, 6.45) is 0. The summed E-state index contributed by atoms with van der Waals surface area (Å²) in [6, 6.07) is 13.5. The van der Waals surface area contributed by atoms with Gasteiger partial charge in [-0.15, -0.1) is 5.10 Å². The Balaban J connectivity index is 1.40. The Hall–Kier alpha value is -2.44. The lowest BCUT2D eigenvalue weighted by atomic mass is 10.1. The van der Waals surface area contributed by atoms with Crippen LogP contribution in [0.2, 0.25) is 5.02 Å². The zero-order chi connectivity index (χ0) is 18.1. The van der Waals surface area contributed by atoms with E-state index in [0.717, 1.165) is 41.3 Å². The van der Waals surface area contributed by atoms with Gasteiger partial charge < -0.3 is 4.90 Å². The van der Waals surface area contributed by atoms with Crippen LogP contribution in [0.3, 0.4) is 0 Å². The van der Waals surface area contributed by atoms with E-state index >= 15 is 0 Å². The average molecular weight is 370 g/mol. The molecule has 1 amide bonds. The van der Waals surface area contributed by atoms with E-state index in [4.69, 9.17) is 11.6 Å². The summed E-state index contributed by atoms with van der Waals surface area (Å²) in [4.78, 5) is 17.0. The van der Waals surface area contributed by atoms with Gasteiger partial charge in [0.25, 0.3) is 5.91 Å². The summed E-state index contributed by atoms with van der Waals surface area (Å²) in [7, 11) is 1.84. The minimum atomic E-state index is 0.0509. The number of halogens is 1. The van der Waals surface area contributed by atoms with E-state index in [1.807, 2.05) is 48.3 Å². The molecule has 1 saturated heterocycles. The summed E-state index contributed by atoms with van der Waals surface area (Å²) in [5, 5.41) is 8.88. The molecule has 1 aliphatic heterocycles. The highest BCUT2D eigenvalue weighted by Gasteiger charge is 2.23. The number of carbonyl (C=O) groups is 1. The van der Waals surface area contributed by atoms with Crippen molar-refractivity contribution < 1.29 is 4.79 Å². The molecule has 3 aromatic rings. The van der Waals surface area contributed by atoms with Crippen LogP contribution in [0.1, 0.15) is 15.9 Å². The summed E-state index contributed by atoms with van der Waals surface area (Å²) in [5.41, 5.74) is 3.46. The van der Waals surface area contributed by atoms with Gasteiger partial charge in [-0.1, -0.05) is 35.0 Å². The standard InChI is InChI=1S/C19H20ClN5O/c1-23-18-7-6-14(12-17(18)21-22-23)19(26)25-10-8-24(9-11-25)13-15-4-2-3-5-16(15)20/h2-7,12H,8-11,13H2,1H3. The summed E-state index contributed by atoms with van der Waals surface area (Å²) in [5.74, 6) is 0.0509. The maximum Gasteiger partial charge on any atom is 0.254 e. The van der Waals surface area contributed by atoms with Gasteiger partial charge in [0.05, 0.1) is 5.52 Å². The highest BCUT2D eigenvalue weighted by Crippen LogP contribution is 2.19. The lowest BCUT2D eigenvalue weighted by molar-refractivity contribution is 0.0628. The quantitative estimate of drug-likeness (QED) is 0.712. The average Bonchev–Trinajstić information content (AvgIpc) is 3.04. The van der Waals surface area contributed by atoms with Crippen LogP contribution in [0.15, 0.2) is 42.5 Å². The van der Waals surface area contributed by atoms with Crippen molar-refractivity contribution in [3.63, 3.8) is 0 Å². The number of benzene rings is 2. The predicted octanol–water partition coefficient (Wildman–Crippen LogP) is 2.58. The van der Waals surface area contributed by atoms with Crippen LogP contribution in [0.4, 0.5) is 0 Å². The lowest BCUT2D eigenvalue weighted by Crippen LogP contribution is -2.48. The van der Waals surface area contributed by atoms with Crippen LogP contribution in [0.5, 0.6) is 0 Å². The van der Waals surface area contributed by atoms with Gasteiger partial charge in [0.1, 0.15) is 5.52 Å². The number of rotatable bonds is 3. The number of fused-ring (bicyclic) bond motifs is 1. The van der Waals surface area contributed by atoms with E-state index in [0.29, 0.717) is 18.7 Å². The minimum absolute atomic E-state index is 0.0509. The number of hydrogen-bond acceptors (Lipinski definition) is 4. The Bertz CT molecular complexity index is 946. The fourth-order valence-corrected chi connectivity index (χ4v) is 3.53. The third kappa shape index (κ3) is 3.30. The zero-order valence-electron chi connectivity index (χ0n) is 14.6. The summed E-state index contributed by atoms with van der Waals surface area (Å²) >= 11 is 6.25. The van der Waals surface area contributed by atoms with Gasteiger partial charge in [-0.2, -0.15) is 0 Å². The van der Waals surface area contributed by atoms with Crippen molar-refractivity contribution in [1.29, 1.82) is 0 Å². The minimum Gasteiger partial charge on any atom is -0.336 e. The molecule has 1 aliphatic rings. The second kappa shape index (κ2) is 7.05. The largest absolute Gasteiger partial charge is 0.336 e. The van der Waals surface area contributed by atoms with E-state index in [2.05, 4.69) is 21.3 Å². The smallest absolute Gasteiger partial charge is 0.254 e. The number of aromatic nitrogens is 3. The second-order valence-corrected chi connectivity index (χ2v) is 6.98. The van der Waals surface area contributed by atoms with Crippen LogP contribution >= 0.6 is 11.6 Å². The Morgan fingerprint density at radius 1 is 1.12 bits per heavy atom. The first-order chi connectivity index (χ1) is 12.6. The summed E-state index contributed by atoms with van der Waals surface area (Å²) < 4.78 is 1.71. The number of piperazine rings is 1. The van der Waals surface area contributed by atoms with Crippen LogP contribution in [-0.2, 0) is 13.6 Å². The van der Waals surface area contributed by atoms with Crippen molar-refractivity contribution in [2.75, 3.05) is 26.2 Å².